The van der Waals surface area contributed by atoms with E-state index >= 15 is 0 Å². The number of anilines is 1. The summed E-state index contributed by atoms with van der Waals surface area (Å²) in [6, 6.07) is 21.6. The van der Waals surface area contributed by atoms with Gasteiger partial charge in [-0.15, -0.1) is 11.8 Å². The number of rotatable bonds is 9. The van der Waals surface area contributed by atoms with E-state index in [2.05, 4.69) is 5.32 Å². The number of nitrogens with zero attached hydrogens (tertiary/aromatic N) is 1. The van der Waals surface area contributed by atoms with Gasteiger partial charge in [0.1, 0.15) is 0 Å². The van der Waals surface area contributed by atoms with Crippen LogP contribution in [0.25, 0.3) is 0 Å². The average Bonchev–Trinajstić information content (AvgIpc) is 2.83. The Balaban J connectivity index is 1.78. The van der Waals surface area contributed by atoms with Gasteiger partial charge in [0.05, 0.1) is 16.6 Å². The Morgan fingerprint density at radius 2 is 1.55 bits per heavy atom. The van der Waals surface area contributed by atoms with Crippen LogP contribution in [0.15, 0.2) is 82.6 Å². The number of thioether (sulfide) groups is 1. The molecule has 0 heterocycles. The molecule has 0 aliphatic heterocycles. The minimum Gasteiger partial charge on any atom is -0.345 e. The molecular weight excluding hydrogens is 452 g/mol. The van der Waals surface area contributed by atoms with Crippen LogP contribution in [0.5, 0.6) is 0 Å². The minimum atomic E-state index is -3.70. The molecule has 1 atom stereocenters. The second-order valence-electron chi connectivity index (χ2n) is 7.74. The van der Waals surface area contributed by atoms with Crippen molar-refractivity contribution in [3.63, 3.8) is 0 Å². The molecule has 174 valence electrons. The predicted octanol–water partition coefficient (Wildman–Crippen LogP) is 5.81. The van der Waals surface area contributed by atoms with Gasteiger partial charge >= 0.3 is 0 Å². The van der Waals surface area contributed by atoms with E-state index in [1.807, 2.05) is 44.4 Å². The van der Waals surface area contributed by atoms with E-state index in [1.165, 1.54) is 9.87 Å². The maximum atomic E-state index is 13.2. The van der Waals surface area contributed by atoms with Gasteiger partial charge in [0.25, 0.3) is 15.9 Å². The minimum absolute atomic E-state index is 0.0884. The summed E-state index contributed by atoms with van der Waals surface area (Å²) in [4.78, 5) is 14.1. The van der Waals surface area contributed by atoms with Crippen molar-refractivity contribution < 1.29 is 13.2 Å². The SMILES string of the molecule is CC[C@H](NC(=O)c1ccc(N(CC)S(=O)(=O)c2ccc(SC)cc2)cc1)c1ccc(C)cc1. The Bertz CT molecular complexity index is 1170. The number of hydrogen-bond acceptors (Lipinski definition) is 4. The molecule has 5 nitrogen and oxygen atoms in total. The number of sulfonamides is 1. The molecule has 33 heavy (non-hydrogen) atoms. The Kier molecular flexibility index (Phi) is 8.21. The first kappa shape index (κ1) is 24.9. The molecule has 0 saturated heterocycles. The summed E-state index contributed by atoms with van der Waals surface area (Å²) in [5.41, 5.74) is 3.24. The third-order valence-corrected chi connectivity index (χ3v) is 8.21. The lowest BCUT2D eigenvalue weighted by Gasteiger charge is -2.23. The van der Waals surface area contributed by atoms with Gasteiger partial charge in [-0.2, -0.15) is 0 Å². The summed E-state index contributed by atoms with van der Waals surface area (Å²) in [5, 5.41) is 3.08. The Morgan fingerprint density at radius 3 is 2.06 bits per heavy atom. The lowest BCUT2D eigenvalue weighted by atomic mass is 10.0. The topological polar surface area (TPSA) is 66.5 Å². The Labute approximate surface area is 201 Å². The zero-order chi connectivity index (χ0) is 24.0. The molecular formula is C26H30N2O3S2. The maximum absolute atomic E-state index is 13.2. The number of benzene rings is 3. The molecule has 0 radical (unpaired) electrons. The number of hydrogen-bond donors (Lipinski definition) is 1. The van der Waals surface area contributed by atoms with Crippen LogP contribution in [0, 0.1) is 6.92 Å². The molecule has 0 bridgehead atoms. The first-order chi connectivity index (χ1) is 15.8. The number of nitrogens with one attached hydrogen (secondary N) is 1. The fourth-order valence-corrected chi connectivity index (χ4v) is 5.49. The van der Waals surface area contributed by atoms with Gasteiger partial charge in [0.15, 0.2) is 0 Å². The third-order valence-electron chi connectivity index (χ3n) is 5.55. The van der Waals surface area contributed by atoms with Gasteiger partial charge in [-0.25, -0.2) is 8.42 Å². The van der Waals surface area contributed by atoms with E-state index in [9.17, 15) is 13.2 Å². The monoisotopic (exact) mass is 482 g/mol. The second-order valence-corrected chi connectivity index (χ2v) is 10.5. The number of carbonyl (C=O) groups is 1. The number of carbonyl (C=O) groups excluding carboxylic acids is 1. The lowest BCUT2D eigenvalue weighted by Crippen LogP contribution is -2.31. The van der Waals surface area contributed by atoms with Gasteiger partial charge in [-0.05, 0) is 80.6 Å². The molecule has 3 rings (SSSR count). The van der Waals surface area contributed by atoms with Crippen molar-refractivity contribution in [2.75, 3.05) is 17.1 Å². The highest BCUT2D eigenvalue weighted by Crippen LogP contribution is 2.26. The zero-order valence-electron chi connectivity index (χ0n) is 19.4. The van der Waals surface area contributed by atoms with Crippen LogP contribution in [-0.2, 0) is 10.0 Å². The van der Waals surface area contributed by atoms with Gasteiger partial charge < -0.3 is 5.32 Å². The first-order valence-corrected chi connectivity index (χ1v) is 13.6. The van der Waals surface area contributed by atoms with Crippen molar-refractivity contribution in [1.29, 1.82) is 0 Å². The van der Waals surface area contributed by atoms with Crippen LogP contribution in [0.2, 0.25) is 0 Å². The zero-order valence-corrected chi connectivity index (χ0v) is 21.0. The average molecular weight is 483 g/mol. The van der Waals surface area contributed by atoms with Crippen molar-refractivity contribution >= 4 is 33.4 Å². The molecule has 1 amide bonds. The maximum Gasteiger partial charge on any atom is 0.264 e. The van der Waals surface area contributed by atoms with Crippen molar-refractivity contribution in [3.05, 3.63) is 89.5 Å². The molecule has 0 unspecified atom stereocenters. The molecule has 0 saturated carbocycles. The highest BCUT2D eigenvalue weighted by molar-refractivity contribution is 7.98. The van der Waals surface area contributed by atoms with E-state index < -0.39 is 10.0 Å². The van der Waals surface area contributed by atoms with Crippen LogP contribution in [0.1, 0.15) is 47.8 Å². The van der Waals surface area contributed by atoms with Crippen molar-refractivity contribution in [3.8, 4) is 0 Å². The summed E-state index contributed by atoms with van der Waals surface area (Å²) >= 11 is 1.56. The molecule has 0 fully saturated rings. The summed E-state index contributed by atoms with van der Waals surface area (Å²) in [7, 11) is -3.70. The van der Waals surface area contributed by atoms with Crippen LogP contribution in [0.4, 0.5) is 5.69 Å². The fourth-order valence-electron chi connectivity index (χ4n) is 3.61. The Hall–Kier alpha value is -2.77. The molecule has 0 aromatic heterocycles. The molecule has 3 aromatic carbocycles. The Morgan fingerprint density at radius 1 is 0.939 bits per heavy atom. The van der Waals surface area contributed by atoms with E-state index in [1.54, 1.807) is 67.2 Å². The summed E-state index contributed by atoms with van der Waals surface area (Å²) < 4.78 is 27.7. The first-order valence-electron chi connectivity index (χ1n) is 10.9. The van der Waals surface area contributed by atoms with Crippen LogP contribution >= 0.6 is 11.8 Å². The third kappa shape index (κ3) is 5.78. The van der Waals surface area contributed by atoms with Gasteiger partial charge in [0, 0.05) is 17.0 Å². The van der Waals surface area contributed by atoms with Crippen LogP contribution < -0.4 is 9.62 Å². The normalized spacial score (nSPS) is 12.2. The highest BCUT2D eigenvalue weighted by Gasteiger charge is 2.24. The van der Waals surface area contributed by atoms with E-state index in [-0.39, 0.29) is 23.4 Å². The second kappa shape index (κ2) is 10.9. The van der Waals surface area contributed by atoms with Gasteiger partial charge in [0.2, 0.25) is 0 Å². The van der Waals surface area contributed by atoms with Crippen LogP contribution in [-0.4, -0.2) is 27.1 Å². The number of amides is 1. The van der Waals surface area contributed by atoms with Crippen LogP contribution in [0.3, 0.4) is 0 Å². The lowest BCUT2D eigenvalue weighted by molar-refractivity contribution is 0.0935. The summed E-state index contributed by atoms with van der Waals surface area (Å²) in [6.07, 6.45) is 2.72. The molecule has 1 N–H and O–H groups in total. The van der Waals surface area contributed by atoms with E-state index in [0.717, 1.165) is 16.9 Å². The molecule has 0 aliphatic rings. The largest absolute Gasteiger partial charge is 0.345 e. The smallest absolute Gasteiger partial charge is 0.264 e. The molecule has 3 aromatic rings. The standard InChI is InChI=1S/C26H30N2O3S2/c1-5-25(20-9-7-19(3)8-10-20)27-26(29)21-11-13-22(14-12-21)28(6-2)33(30,31)24-17-15-23(32-4)16-18-24/h7-18,25H,5-6H2,1-4H3,(H,27,29)/t25-/m0/s1. The van der Waals surface area contributed by atoms with E-state index in [4.69, 9.17) is 0 Å². The van der Waals surface area contributed by atoms with Gasteiger partial charge in [-0.3, -0.25) is 9.10 Å². The summed E-state index contributed by atoms with van der Waals surface area (Å²) in [5.74, 6) is -0.187. The highest BCUT2D eigenvalue weighted by atomic mass is 32.2. The molecule has 7 heteroatoms. The van der Waals surface area contributed by atoms with Gasteiger partial charge in [-0.1, -0.05) is 36.8 Å². The van der Waals surface area contributed by atoms with E-state index in [0.29, 0.717) is 11.3 Å². The quantitative estimate of drug-likeness (QED) is 0.391. The van der Waals surface area contributed by atoms with Crippen molar-refractivity contribution in [2.45, 2.75) is 43.0 Å². The van der Waals surface area contributed by atoms with Crippen molar-refractivity contribution in [1.82, 2.24) is 5.32 Å². The summed E-state index contributed by atoms with van der Waals surface area (Å²) in [6.45, 7) is 6.14. The molecule has 0 aliphatic carbocycles. The fraction of sp³-hybridized carbons (Fsp3) is 0.269. The van der Waals surface area contributed by atoms with Crippen molar-refractivity contribution in [2.24, 2.45) is 0 Å². The predicted molar refractivity (Wildman–Crippen MR) is 137 cm³/mol. The number of aryl methyl sites for hydroxylation is 1. The molecule has 0 spiro atoms.